The highest BCUT2D eigenvalue weighted by atomic mass is 32.1. The Kier molecular flexibility index (Phi) is 6.08. The van der Waals surface area contributed by atoms with Gasteiger partial charge in [0.1, 0.15) is 10.5 Å². The van der Waals surface area contributed by atoms with Gasteiger partial charge in [0.05, 0.1) is 6.42 Å². The first kappa shape index (κ1) is 21.9. The molecule has 2 amide bonds. The molecule has 4 heterocycles. The second-order valence-electron chi connectivity index (χ2n) is 8.67. The number of nitrogens with zero attached hydrogens (tertiary/aromatic N) is 3. The lowest BCUT2D eigenvalue weighted by Crippen LogP contribution is -2.55. The van der Waals surface area contributed by atoms with Crippen LogP contribution in [0.4, 0.5) is 0 Å². The first-order valence-electron chi connectivity index (χ1n) is 11.2. The summed E-state index contributed by atoms with van der Waals surface area (Å²) in [4.78, 5) is 32.5. The molecule has 1 aromatic carbocycles. The summed E-state index contributed by atoms with van der Waals surface area (Å²) in [7, 11) is 0. The summed E-state index contributed by atoms with van der Waals surface area (Å²) in [5, 5.41) is 5.18. The van der Waals surface area contributed by atoms with Gasteiger partial charge in [-0.15, -0.1) is 22.7 Å². The van der Waals surface area contributed by atoms with Crippen LogP contribution in [0.2, 0.25) is 0 Å². The molecule has 5 nitrogen and oxygen atoms in total. The molecule has 0 spiro atoms. The van der Waals surface area contributed by atoms with Crippen LogP contribution < -0.4 is 0 Å². The van der Waals surface area contributed by atoms with Crippen LogP contribution in [0, 0.1) is 6.92 Å². The zero-order valence-corrected chi connectivity index (χ0v) is 20.5. The summed E-state index contributed by atoms with van der Waals surface area (Å²) >= 11 is 3.28. The first-order valence-corrected chi connectivity index (χ1v) is 13.0. The van der Waals surface area contributed by atoms with Crippen molar-refractivity contribution in [2.75, 3.05) is 19.6 Å². The lowest BCUT2D eigenvalue weighted by Gasteiger charge is -2.40. The maximum absolute atomic E-state index is 13.6. The Morgan fingerprint density at radius 3 is 2.64 bits per heavy atom. The van der Waals surface area contributed by atoms with Crippen LogP contribution >= 0.6 is 22.7 Å². The highest BCUT2D eigenvalue weighted by Gasteiger charge is 2.31. The Bertz CT molecular complexity index is 1290. The second-order valence-corrected chi connectivity index (χ2v) is 10.6. The van der Waals surface area contributed by atoms with Gasteiger partial charge < -0.3 is 14.4 Å². The maximum Gasteiger partial charge on any atom is 0.270 e. The molecule has 1 aliphatic rings. The molecule has 0 saturated carbocycles. The number of piperazine rings is 1. The van der Waals surface area contributed by atoms with Gasteiger partial charge in [0.15, 0.2) is 0 Å². The zero-order valence-electron chi connectivity index (χ0n) is 18.9. The van der Waals surface area contributed by atoms with Crippen molar-refractivity contribution in [3.8, 4) is 0 Å². The Morgan fingerprint density at radius 2 is 1.88 bits per heavy atom. The van der Waals surface area contributed by atoms with E-state index in [0.29, 0.717) is 32.6 Å². The van der Waals surface area contributed by atoms with Gasteiger partial charge in [0.2, 0.25) is 5.91 Å². The molecule has 7 heteroatoms. The van der Waals surface area contributed by atoms with Gasteiger partial charge in [0, 0.05) is 42.5 Å². The van der Waals surface area contributed by atoms with Gasteiger partial charge in [0.25, 0.3) is 5.91 Å². The number of hydrogen-bond acceptors (Lipinski definition) is 4. The molecule has 1 atom stereocenters. The van der Waals surface area contributed by atoms with E-state index in [0.717, 1.165) is 20.8 Å². The van der Waals surface area contributed by atoms with Crippen LogP contribution in [0.3, 0.4) is 0 Å². The predicted octanol–water partition coefficient (Wildman–Crippen LogP) is 5.04. The quantitative estimate of drug-likeness (QED) is 0.404. The topological polar surface area (TPSA) is 45.6 Å². The van der Waals surface area contributed by atoms with E-state index in [4.69, 9.17) is 0 Å². The minimum Gasteiger partial charge on any atom is -0.336 e. The highest BCUT2D eigenvalue weighted by molar-refractivity contribution is 7.16. The van der Waals surface area contributed by atoms with Gasteiger partial charge in [-0.1, -0.05) is 30.3 Å². The second kappa shape index (κ2) is 9.15. The third-order valence-electron chi connectivity index (χ3n) is 6.45. The number of carbonyl (C=O) groups is 2. The van der Waals surface area contributed by atoms with Crippen LogP contribution in [-0.4, -0.2) is 51.9 Å². The van der Waals surface area contributed by atoms with E-state index in [1.807, 2.05) is 52.4 Å². The minimum atomic E-state index is -0.00365. The van der Waals surface area contributed by atoms with Gasteiger partial charge in [-0.25, -0.2) is 0 Å². The van der Waals surface area contributed by atoms with Crippen molar-refractivity contribution in [1.82, 2.24) is 14.4 Å². The minimum absolute atomic E-state index is 0.00365. The third-order valence-corrected chi connectivity index (χ3v) is 8.28. The molecule has 1 aliphatic heterocycles. The molecule has 0 bridgehead atoms. The number of aryl methyl sites for hydroxylation is 1. The van der Waals surface area contributed by atoms with E-state index >= 15 is 0 Å². The molecular formula is C26H27N3O2S2. The summed E-state index contributed by atoms with van der Waals surface area (Å²) in [6.45, 7) is 6.51. The summed E-state index contributed by atoms with van der Waals surface area (Å²) < 4.78 is 2.16. The Morgan fingerprint density at radius 1 is 1.03 bits per heavy atom. The van der Waals surface area contributed by atoms with Crippen molar-refractivity contribution >= 4 is 44.7 Å². The fourth-order valence-corrected chi connectivity index (χ4v) is 6.20. The van der Waals surface area contributed by atoms with E-state index in [1.54, 1.807) is 22.7 Å². The maximum atomic E-state index is 13.6. The molecule has 33 heavy (non-hydrogen) atoms. The van der Waals surface area contributed by atoms with Crippen molar-refractivity contribution in [2.24, 2.45) is 0 Å². The van der Waals surface area contributed by atoms with Crippen molar-refractivity contribution in [2.45, 2.75) is 32.9 Å². The number of aromatic nitrogens is 1. The molecule has 0 aliphatic carbocycles. The van der Waals surface area contributed by atoms with Crippen molar-refractivity contribution in [3.63, 3.8) is 0 Å². The molecule has 5 rings (SSSR count). The van der Waals surface area contributed by atoms with Gasteiger partial charge >= 0.3 is 0 Å². The van der Waals surface area contributed by atoms with Crippen LogP contribution in [0.25, 0.3) is 10.2 Å². The molecule has 1 unspecified atom stereocenters. The van der Waals surface area contributed by atoms with Gasteiger partial charge in [-0.05, 0) is 53.9 Å². The first-order chi connectivity index (χ1) is 16.0. The Balaban J connectivity index is 1.35. The molecule has 1 saturated heterocycles. The summed E-state index contributed by atoms with van der Waals surface area (Å²) in [5.74, 6) is 0.185. The number of rotatable bonds is 5. The van der Waals surface area contributed by atoms with E-state index < -0.39 is 0 Å². The number of fused-ring (bicyclic) bond motifs is 1. The Labute approximate surface area is 201 Å². The molecular weight excluding hydrogens is 450 g/mol. The summed E-state index contributed by atoms with van der Waals surface area (Å²) in [6.07, 6.45) is 0.436. The number of benzene rings is 1. The number of hydrogen-bond donors (Lipinski definition) is 0. The average molecular weight is 478 g/mol. The van der Waals surface area contributed by atoms with Gasteiger partial charge in [-0.3, -0.25) is 9.59 Å². The van der Waals surface area contributed by atoms with Crippen LogP contribution in [0.5, 0.6) is 0 Å². The number of thiophene rings is 2. The van der Waals surface area contributed by atoms with Gasteiger partial charge in [-0.2, -0.15) is 0 Å². The lowest BCUT2D eigenvalue weighted by molar-refractivity contribution is -0.134. The normalized spacial score (nSPS) is 16.5. The standard InChI is InChI=1S/C26H27N3O2S2/c1-18-6-3-4-7-21(18)17-29-23(14-20-9-13-33-26(20)29)25(31)27-10-11-28(19(2)16-27)24(30)15-22-8-5-12-32-22/h3-9,12-14,19H,10-11,15-17H2,1-2H3. The lowest BCUT2D eigenvalue weighted by atomic mass is 10.1. The highest BCUT2D eigenvalue weighted by Crippen LogP contribution is 2.28. The molecule has 1 fully saturated rings. The van der Waals surface area contributed by atoms with Crippen molar-refractivity contribution in [1.29, 1.82) is 0 Å². The zero-order chi connectivity index (χ0) is 22.9. The van der Waals surface area contributed by atoms with Crippen molar-refractivity contribution in [3.05, 3.63) is 81.0 Å². The van der Waals surface area contributed by atoms with E-state index in [-0.39, 0.29) is 17.9 Å². The number of amides is 2. The van der Waals surface area contributed by atoms with E-state index in [9.17, 15) is 9.59 Å². The average Bonchev–Trinajstić information content (AvgIpc) is 3.54. The molecule has 3 aromatic heterocycles. The fraction of sp³-hybridized carbons (Fsp3) is 0.308. The molecule has 4 aromatic rings. The Hall–Kier alpha value is -2.90. The monoisotopic (exact) mass is 477 g/mol. The molecule has 170 valence electrons. The number of carbonyl (C=O) groups excluding carboxylic acids is 2. The van der Waals surface area contributed by atoms with E-state index in [2.05, 4.69) is 35.1 Å². The SMILES string of the molecule is Cc1ccccc1Cn1c(C(=O)N2CCN(C(=O)Cc3cccs3)C(C)C2)cc2ccsc21. The van der Waals surface area contributed by atoms with E-state index in [1.165, 1.54) is 11.1 Å². The predicted molar refractivity (Wildman–Crippen MR) is 135 cm³/mol. The third kappa shape index (κ3) is 4.35. The summed E-state index contributed by atoms with van der Waals surface area (Å²) in [6, 6.07) is 16.4. The van der Waals surface area contributed by atoms with Crippen LogP contribution in [-0.2, 0) is 17.8 Å². The smallest absolute Gasteiger partial charge is 0.270 e. The van der Waals surface area contributed by atoms with Crippen LogP contribution in [0.1, 0.15) is 33.4 Å². The van der Waals surface area contributed by atoms with Crippen molar-refractivity contribution < 1.29 is 9.59 Å². The fourth-order valence-electron chi connectivity index (χ4n) is 4.61. The molecule has 0 N–H and O–H groups in total. The van der Waals surface area contributed by atoms with Crippen LogP contribution in [0.15, 0.2) is 59.3 Å². The molecule has 0 radical (unpaired) electrons. The summed E-state index contributed by atoms with van der Waals surface area (Å²) in [5.41, 5.74) is 3.17. The largest absolute Gasteiger partial charge is 0.336 e.